The number of carbonyl (C=O) groups is 1. The first-order chi connectivity index (χ1) is 13.8. The molecular weight excluding hydrogens is 346 g/mol. The Morgan fingerprint density at radius 3 is 2.00 bits per heavy atom. The molecule has 2 aliphatic heterocycles. The Labute approximate surface area is 168 Å². The number of hydrogen-bond acceptors (Lipinski definition) is 3. The van der Waals surface area contributed by atoms with Crippen LogP contribution in [0.3, 0.4) is 0 Å². The van der Waals surface area contributed by atoms with E-state index in [1.54, 1.807) is 0 Å². The van der Waals surface area contributed by atoms with Crippen LogP contribution >= 0.6 is 0 Å². The molecule has 0 radical (unpaired) electrons. The van der Waals surface area contributed by atoms with E-state index >= 15 is 0 Å². The monoisotopic (exact) mass is 377 g/mol. The summed E-state index contributed by atoms with van der Waals surface area (Å²) < 4.78 is 0. The van der Waals surface area contributed by atoms with Crippen molar-refractivity contribution in [2.75, 3.05) is 44.2 Å². The third-order valence-electron chi connectivity index (χ3n) is 5.99. The highest BCUT2D eigenvalue weighted by Crippen LogP contribution is 2.18. The van der Waals surface area contributed by atoms with Crippen molar-refractivity contribution in [3.8, 4) is 0 Å². The van der Waals surface area contributed by atoms with Crippen molar-refractivity contribution in [2.45, 2.75) is 32.2 Å². The summed E-state index contributed by atoms with van der Waals surface area (Å²) in [6, 6.07) is 18.8. The average Bonchev–Trinajstić information content (AvgIpc) is 3.03. The highest BCUT2D eigenvalue weighted by Gasteiger charge is 2.22. The second kappa shape index (κ2) is 9.24. The lowest BCUT2D eigenvalue weighted by Gasteiger charge is -2.36. The second-order valence-electron chi connectivity index (χ2n) is 8.00. The van der Waals surface area contributed by atoms with Crippen LogP contribution in [0.15, 0.2) is 54.6 Å². The van der Waals surface area contributed by atoms with Crippen molar-refractivity contribution < 1.29 is 4.79 Å². The molecule has 0 aliphatic carbocycles. The maximum atomic E-state index is 12.9. The van der Waals surface area contributed by atoms with E-state index in [1.807, 2.05) is 23.1 Å². The number of piperazine rings is 1. The van der Waals surface area contributed by atoms with E-state index in [0.29, 0.717) is 0 Å². The summed E-state index contributed by atoms with van der Waals surface area (Å²) in [7, 11) is 0. The molecule has 2 aromatic carbocycles. The van der Waals surface area contributed by atoms with Crippen molar-refractivity contribution in [3.05, 3.63) is 65.7 Å². The Hall–Kier alpha value is -2.33. The molecule has 1 amide bonds. The Morgan fingerprint density at radius 1 is 0.714 bits per heavy atom. The van der Waals surface area contributed by atoms with E-state index in [0.717, 1.165) is 38.3 Å². The molecule has 0 bridgehead atoms. The molecular formula is C24H31N3O. The average molecular weight is 378 g/mol. The minimum Gasteiger partial charge on any atom is -0.368 e. The molecule has 0 unspecified atom stereocenters. The number of benzene rings is 2. The van der Waals surface area contributed by atoms with Gasteiger partial charge in [0.25, 0.3) is 5.91 Å². The van der Waals surface area contributed by atoms with Crippen LogP contribution in [0.5, 0.6) is 0 Å². The number of nitrogens with zero attached hydrogens (tertiary/aromatic N) is 3. The van der Waals surface area contributed by atoms with Gasteiger partial charge in [-0.3, -0.25) is 9.69 Å². The molecule has 0 atom stereocenters. The number of anilines is 1. The molecule has 2 heterocycles. The quantitative estimate of drug-likeness (QED) is 0.805. The molecule has 4 rings (SSSR count). The lowest BCUT2D eigenvalue weighted by molar-refractivity contribution is 0.0747. The number of carbonyl (C=O) groups excluding carboxylic acids is 1. The molecule has 0 spiro atoms. The smallest absolute Gasteiger partial charge is 0.253 e. The van der Waals surface area contributed by atoms with Gasteiger partial charge in [0.15, 0.2) is 0 Å². The van der Waals surface area contributed by atoms with Gasteiger partial charge in [0.1, 0.15) is 0 Å². The topological polar surface area (TPSA) is 26.8 Å². The zero-order valence-corrected chi connectivity index (χ0v) is 16.7. The summed E-state index contributed by atoms with van der Waals surface area (Å²) in [4.78, 5) is 19.8. The fourth-order valence-corrected chi connectivity index (χ4v) is 4.29. The molecule has 2 aromatic rings. The van der Waals surface area contributed by atoms with Crippen LogP contribution in [-0.4, -0.2) is 55.0 Å². The van der Waals surface area contributed by atoms with Gasteiger partial charge in [-0.2, -0.15) is 0 Å². The zero-order chi connectivity index (χ0) is 19.2. The summed E-state index contributed by atoms with van der Waals surface area (Å²) in [5, 5.41) is 0. The first kappa shape index (κ1) is 19.0. The molecule has 4 heteroatoms. The van der Waals surface area contributed by atoms with Crippen molar-refractivity contribution >= 4 is 11.6 Å². The molecule has 148 valence electrons. The van der Waals surface area contributed by atoms with Crippen LogP contribution in [0, 0.1) is 0 Å². The highest BCUT2D eigenvalue weighted by molar-refractivity contribution is 5.94. The standard InChI is InChI=1S/C24H31N3O/c28-24(27-18-16-26(17-19-27)23-8-4-3-5-9-23)22-12-10-21(11-13-22)20-25-14-6-1-2-7-15-25/h3-5,8-13H,1-2,6-7,14-20H2. The maximum absolute atomic E-state index is 12.9. The molecule has 0 aromatic heterocycles. The van der Waals surface area contributed by atoms with Gasteiger partial charge in [-0.15, -0.1) is 0 Å². The first-order valence-electron chi connectivity index (χ1n) is 10.7. The van der Waals surface area contributed by atoms with E-state index in [9.17, 15) is 4.79 Å². The third-order valence-corrected chi connectivity index (χ3v) is 5.99. The Kier molecular flexibility index (Phi) is 6.27. The van der Waals surface area contributed by atoms with Gasteiger partial charge < -0.3 is 9.80 Å². The van der Waals surface area contributed by atoms with Crippen LogP contribution in [0.25, 0.3) is 0 Å². The molecule has 28 heavy (non-hydrogen) atoms. The fourth-order valence-electron chi connectivity index (χ4n) is 4.29. The Morgan fingerprint density at radius 2 is 1.36 bits per heavy atom. The van der Waals surface area contributed by atoms with Gasteiger partial charge in [0.2, 0.25) is 0 Å². The first-order valence-corrected chi connectivity index (χ1v) is 10.7. The van der Waals surface area contributed by atoms with Crippen molar-refractivity contribution in [1.29, 1.82) is 0 Å². The van der Waals surface area contributed by atoms with E-state index in [4.69, 9.17) is 0 Å². The fraction of sp³-hybridized carbons (Fsp3) is 0.458. The number of amides is 1. The number of likely N-dealkylation sites (tertiary alicyclic amines) is 1. The Balaban J connectivity index is 1.31. The van der Waals surface area contributed by atoms with Gasteiger partial charge >= 0.3 is 0 Å². The van der Waals surface area contributed by atoms with E-state index in [-0.39, 0.29) is 5.91 Å². The molecule has 0 N–H and O–H groups in total. The molecule has 2 saturated heterocycles. The van der Waals surface area contributed by atoms with E-state index in [1.165, 1.54) is 50.0 Å². The lowest BCUT2D eigenvalue weighted by Crippen LogP contribution is -2.48. The summed E-state index contributed by atoms with van der Waals surface area (Å²) >= 11 is 0. The summed E-state index contributed by atoms with van der Waals surface area (Å²) in [5.41, 5.74) is 3.37. The van der Waals surface area contributed by atoms with Crippen LogP contribution in [-0.2, 0) is 6.54 Å². The number of hydrogen-bond donors (Lipinski definition) is 0. The van der Waals surface area contributed by atoms with E-state index < -0.39 is 0 Å². The van der Waals surface area contributed by atoms with Gasteiger partial charge in [0.05, 0.1) is 0 Å². The van der Waals surface area contributed by atoms with Crippen LogP contribution < -0.4 is 4.90 Å². The van der Waals surface area contributed by atoms with Crippen LogP contribution in [0.4, 0.5) is 5.69 Å². The number of para-hydroxylation sites is 1. The lowest BCUT2D eigenvalue weighted by atomic mass is 10.1. The molecule has 2 fully saturated rings. The third kappa shape index (κ3) is 4.74. The minimum absolute atomic E-state index is 0.161. The van der Waals surface area contributed by atoms with Crippen molar-refractivity contribution in [1.82, 2.24) is 9.80 Å². The molecule has 4 nitrogen and oxygen atoms in total. The number of rotatable bonds is 4. The second-order valence-corrected chi connectivity index (χ2v) is 8.00. The van der Waals surface area contributed by atoms with Gasteiger partial charge in [-0.1, -0.05) is 43.2 Å². The predicted octanol–water partition coefficient (Wildman–Crippen LogP) is 4.03. The predicted molar refractivity (Wildman–Crippen MR) is 115 cm³/mol. The normalized spacial score (nSPS) is 18.7. The van der Waals surface area contributed by atoms with Crippen molar-refractivity contribution in [2.24, 2.45) is 0 Å². The largest absolute Gasteiger partial charge is 0.368 e. The highest BCUT2D eigenvalue weighted by atomic mass is 16.2. The summed E-state index contributed by atoms with van der Waals surface area (Å²) in [6.07, 6.45) is 5.35. The minimum atomic E-state index is 0.161. The van der Waals surface area contributed by atoms with Gasteiger partial charge in [-0.25, -0.2) is 0 Å². The van der Waals surface area contributed by atoms with Gasteiger partial charge in [0, 0.05) is 44.0 Å². The van der Waals surface area contributed by atoms with Gasteiger partial charge in [-0.05, 0) is 55.8 Å². The molecule has 2 aliphatic rings. The Bertz CT molecular complexity index is 743. The summed E-state index contributed by atoms with van der Waals surface area (Å²) in [5.74, 6) is 0.161. The van der Waals surface area contributed by atoms with E-state index in [2.05, 4.69) is 46.2 Å². The van der Waals surface area contributed by atoms with Crippen LogP contribution in [0.2, 0.25) is 0 Å². The molecule has 0 saturated carbocycles. The van der Waals surface area contributed by atoms with Crippen molar-refractivity contribution in [3.63, 3.8) is 0 Å². The van der Waals surface area contributed by atoms with Crippen LogP contribution in [0.1, 0.15) is 41.6 Å². The maximum Gasteiger partial charge on any atom is 0.253 e. The SMILES string of the molecule is O=C(c1ccc(CN2CCCCCC2)cc1)N1CCN(c2ccccc2)CC1. The zero-order valence-electron chi connectivity index (χ0n) is 16.7. The summed E-state index contributed by atoms with van der Waals surface area (Å²) in [6.45, 7) is 6.75.